The van der Waals surface area contributed by atoms with Crippen LogP contribution >= 0.6 is 0 Å². The van der Waals surface area contributed by atoms with E-state index in [9.17, 15) is 4.79 Å². The van der Waals surface area contributed by atoms with Crippen molar-refractivity contribution in [3.63, 3.8) is 0 Å². The van der Waals surface area contributed by atoms with Gasteiger partial charge in [-0.3, -0.25) is 10.2 Å². The van der Waals surface area contributed by atoms with Crippen molar-refractivity contribution in [2.75, 3.05) is 6.54 Å². The highest BCUT2D eigenvalue weighted by Gasteiger charge is 2.29. The van der Waals surface area contributed by atoms with Crippen molar-refractivity contribution in [3.8, 4) is 0 Å². The average molecular weight is 360 g/mol. The van der Waals surface area contributed by atoms with Crippen molar-refractivity contribution in [1.29, 1.82) is 5.41 Å². The van der Waals surface area contributed by atoms with Crippen LogP contribution in [0.2, 0.25) is 0 Å². The number of H-pyrrole nitrogens is 1. The highest BCUT2D eigenvalue weighted by Crippen LogP contribution is 2.25. The van der Waals surface area contributed by atoms with Gasteiger partial charge in [0.15, 0.2) is 0 Å². The van der Waals surface area contributed by atoms with E-state index in [1.165, 1.54) is 5.56 Å². The Morgan fingerprint density at radius 3 is 2.78 bits per heavy atom. The van der Waals surface area contributed by atoms with E-state index in [1.807, 2.05) is 35.2 Å². The Kier molecular flexibility index (Phi) is 4.67. The van der Waals surface area contributed by atoms with Gasteiger partial charge in [0.25, 0.3) is 5.91 Å². The zero-order chi connectivity index (χ0) is 18.8. The normalized spacial score (nSPS) is 16.7. The molecule has 3 aromatic rings. The second-order valence-corrected chi connectivity index (χ2v) is 7.23. The Bertz CT molecular complexity index is 977. The maximum Gasteiger partial charge on any atom is 0.270 e. The van der Waals surface area contributed by atoms with Gasteiger partial charge in [0.05, 0.1) is 0 Å². The van der Waals surface area contributed by atoms with Crippen LogP contribution in [0.25, 0.3) is 10.8 Å². The molecule has 0 saturated carbocycles. The zero-order valence-corrected chi connectivity index (χ0v) is 15.2. The smallest absolute Gasteiger partial charge is 0.270 e. The monoisotopic (exact) mass is 360 g/mol. The number of nitrogens with one attached hydrogen (secondary N) is 2. The molecular formula is C22H24N4O. The molecule has 1 aromatic heterocycles. The molecule has 0 spiro atoms. The first-order valence-electron chi connectivity index (χ1n) is 9.43. The lowest BCUT2D eigenvalue weighted by atomic mass is 9.99. The standard InChI is InChI=1S/C22H24N4O/c23-21(24)18-9-8-16-13-15(5-7-17(16)14-18)6-10-19-3-2-12-26(19)22(27)20-4-1-11-25-20/h1,4-5,7-9,11,13-14,19,25H,2-3,6,10,12H2,(H3,23,24)/t19-/m1/s1. The van der Waals surface area contributed by atoms with Gasteiger partial charge >= 0.3 is 0 Å². The van der Waals surface area contributed by atoms with Crippen molar-refractivity contribution in [2.24, 2.45) is 5.73 Å². The topological polar surface area (TPSA) is 86.0 Å². The summed E-state index contributed by atoms with van der Waals surface area (Å²) in [4.78, 5) is 17.7. The van der Waals surface area contributed by atoms with Crippen molar-refractivity contribution >= 4 is 22.5 Å². The molecule has 1 fully saturated rings. The Morgan fingerprint density at radius 2 is 2.00 bits per heavy atom. The van der Waals surface area contributed by atoms with E-state index >= 15 is 0 Å². The number of aromatic nitrogens is 1. The van der Waals surface area contributed by atoms with Crippen LogP contribution in [0.15, 0.2) is 54.7 Å². The van der Waals surface area contributed by atoms with Gasteiger partial charge in [0, 0.05) is 24.3 Å². The second-order valence-electron chi connectivity index (χ2n) is 7.23. The molecule has 5 heteroatoms. The van der Waals surface area contributed by atoms with Crippen LogP contribution < -0.4 is 5.73 Å². The number of amides is 1. The number of aryl methyl sites for hydroxylation is 1. The van der Waals surface area contributed by atoms with E-state index in [0.717, 1.165) is 48.6 Å². The van der Waals surface area contributed by atoms with Gasteiger partial charge in [-0.05, 0) is 60.2 Å². The molecule has 1 saturated heterocycles. The maximum atomic E-state index is 12.7. The van der Waals surface area contributed by atoms with Crippen LogP contribution in [0.3, 0.4) is 0 Å². The minimum absolute atomic E-state index is 0.0917. The summed E-state index contributed by atoms with van der Waals surface area (Å²) in [5.74, 6) is 0.201. The van der Waals surface area contributed by atoms with Gasteiger partial charge in [0.2, 0.25) is 0 Å². The number of hydrogen-bond acceptors (Lipinski definition) is 2. The van der Waals surface area contributed by atoms with E-state index < -0.39 is 0 Å². The summed E-state index contributed by atoms with van der Waals surface area (Å²) < 4.78 is 0. The van der Waals surface area contributed by atoms with Gasteiger partial charge in [-0.25, -0.2) is 0 Å². The fraction of sp³-hybridized carbons (Fsp3) is 0.273. The average Bonchev–Trinajstić information content (AvgIpc) is 3.37. The summed E-state index contributed by atoms with van der Waals surface area (Å²) >= 11 is 0. The van der Waals surface area contributed by atoms with Gasteiger partial charge in [0.1, 0.15) is 11.5 Å². The van der Waals surface area contributed by atoms with Gasteiger partial charge < -0.3 is 15.6 Å². The van der Waals surface area contributed by atoms with E-state index in [4.69, 9.17) is 11.1 Å². The molecule has 0 radical (unpaired) electrons. The summed E-state index contributed by atoms with van der Waals surface area (Å²) in [5.41, 5.74) is 8.27. The third kappa shape index (κ3) is 3.58. The van der Waals surface area contributed by atoms with Crippen LogP contribution in [-0.2, 0) is 6.42 Å². The van der Waals surface area contributed by atoms with Crippen molar-refractivity contribution in [1.82, 2.24) is 9.88 Å². The van der Waals surface area contributed by atoms with E-state index in [-0.39, 0.29) is 11.7 Å². The molecule has 1 atom stereocenters. The molecule has 27 heavy (non-hydrogen) atoms. The SMILES string of the molecule is N=C(N)c1ccc2cc(CC[C@H]3CCCN3C(=O)c3ccc[nH]3)ccc2c1. The summed E-state index contributed by atoms with van der Waals surface area (Å²) in [6.45, 7) is 0.841. The Balaban J connectivity index is 1.45. The number of fused-ring (bicyclic) bond motifs is 1. The lowest BCUT2D eigenvalue weighted by molar-refractivity contribution is 0.0725. The number of nitrogens with two attached hydrogens (primary N) is 1. The third-order valence-electron chi connectivity index (χ3n) is 5.45. The number of likely N-dealkylation sites (tertiary alicyclic amines) is 1. The Morgan fingerprint density at radius 1 is 1.19 bits per heavy atom. The highest BCUT2D eigenvalue weighted by atomic mass is 16.2. The lowest BCUT2D eigenvalue weighted by Gasteiger charge is -2.24. The first-order chi connectivity index (χ1) is 13.1. The van der Waals surface area contributed by atoms with Crippen LogP contribution in [0.5, 0.6) is 0 Å². The second kappa shape index (κ2) is 7.27. The van der Waals surface area contributed by atoms with Gasteiger partial charge in [-0.1, -0.05) is 30.3 Å². The molecule has 0 unspecified atom stereocenters. The zero-order valence-electron chi connectivity index (χ0n) is 15.2. The molecule has 0 bridgehead atoms. The molecule has 4 rings (SSSR count). The number of amidine groups is 1. The minimum Gasteiger partial charge on any atom is -0.384 e. The number of carbonyl (C=O) groups excluding carboxylic acids is 1. The Labute approximate surface area is 158 Å². The molecule has 1 aliphatic heterocycles. The summed E-state index contributed by atoms with van der Waals surface area (Å²) in [5, 5.41) is 9.81. The van der Waals surface area contributed by atoms with Crippen molar-refractivity contribution in [2.45, 2.75) is 31.7 Å². The highest BCUT2D eigenvalue weighted by molar-refractivity contribution is 5.99. The van der Waals surface area contributed by atoms with Crippen molar-refractivity contribution in [3.05, 3.63) is 71.5 Å². The molecule has 0 aliphatic carbocycles. The first-order valence-corrected chi connectivity index (χ1v) is 9.43. The van der Waals surface area contributed by atoms with Gasteiger partial charge in [-0.15, -0.1) is 0 Å². The number of hydrogen-bond donors (Lipinski definition) is 3. The molecule has 4 N–H and O–H groups in total. The predicted molar refractivity (Wildman–Crippen MR) is 108 cm³/mol. The minimum atomic E-state index is 0.0917. The number of benzene rings is 2. The van der Waals surface area contributed by atoms with Crippen LogP contribution in [0.1, 0.15) is 40.9 Å². The van der Waals surface area contributed by atoms with Crippen LogP contribution in [0, 0.1) is 5.41 Å². The number of aromatic amines is 1. The van der Waals surface area contributed by atoms with E-state index in [1.54, 1.807) is 6.20 Å². The first kappa shape index (κ1) is 17.3. The maximum absolute atomic E-state index is 12.7. The molecular weight excluding hydrogens is 336 g/mol. The van der Waals surface area contributed by atoms with Crippen molar-refractivity contribution < 1.29 is 4.79 Å². The van der Waals surface area contributed by atoms with E-state index in [2.05, 4.69) is 23.2 Å². The molecule has 2 aromatic carbocycles. The molecule has 5 nitrogen and oxygen atoms in total. The number of carbonyl (C=O) groups is 1. The third-order valence-corrected chi connectivity index (χ3v) is 5.45. The largest absolute Gasteiger partial charge is 0.384 e. The lowest BCUT2D eigenvalue weighted by Crippen LogP contribution is -2.36. The molecule has 2 heterocycles. The number of nitrogens with zero attached hydrogens (tertiary/aromatic N) is 1. The van der Waals surface area contributed by atoms with E-state index in [0.29, 0.717) is 11.7 Å². The fourth-order valence-corrected chi connectivity index (χ4v) is 3.97. The molecule has 138 valence electrons. The number of nitrogen functional groups attached to an aromatic ring is 1. The predicted octanol–water partition coefficient (Wildman–Crippen LogP) is 3.69. The summed E-state index contributed by atoms with van der Waals surface area (Å²) in [7, 11) is 0. The summed E-state index contributed by atoms with van der Waals surface area (Å²) in [6.07, 6.45) is 5.86. The molecule has 1 aliphatic rings. The quantitative estimate of drug-likeness (QED) is 0.479. The fourth-order valence-electron chi connectivity index (χ4n) is 3.97. The Hall–Kier alpha value is -3.08. The van der Waals surface area contributed by atoms with Crippen LogP contribution in [-0.4, -0.2) is 34.2 Å². The summed E-state index contributed by atoms with van der Waals surface area (Å²) in [6, 6.07) is 16.3. The molecule has 1 amide bonds. The van der Waals surface area contributed by atoms with Crippen LogP contribution in [0.4, 0.5) is 0 Å². The number of rotatable bonds is 5. The van der Waals surface area contributed by atoms with Gasteiger partial charge in [-0.2, -0.15) is 0 Å².